The zero-order valence-corrected chi connectivity index (χ0v) is 18.5. The Bertz CT molecular complexity index is 1380. The monoisotopic (exact) mass is 430 g/mol. The minimum atomic E-state index is -0.199. The summed E-state index contributed by atoms with van der Waals surface area (Å²) in [5.41, 5.74) is 2.73. The van der Waals surface area contributed by atoms with Gasteiger partial charge in [0.25, 0.3) is 11.5 Å². The molecule has 0 saturated heterocycles. The number of hydrogen-bond acceptors (Lipinski definition) is 5. The topological polar surface area (TPSA) is 96.8 Å². The van der Waals surface area contributed by atoms with Crippen LogP contribution < -0.4 is 5.56 Å². The highest BCUT2D eigenvalue weighted by molar-refractivity contribution is 6.05. The van der Waals surface area contributed by atoms with Crippen LogP contribution in [-0.4, -0.2) is 42.1 Å². The van der Waals surface area contributed by atoms with Gasteiger partial charge in [0.2, 0.25) is 0 Å². The summed E-state index contributed by atoms with van der Waals surface area (Å²) >= 11 is 0. The zero-order chi connectivity index (χ0) is 22.4. The summed E-state index contributed by atoms with van der Waals surface area (Å²) in [6.07, 6.45) is 3.93. The first-order valence-corrected chi connectivity index (χ1v) is 11.1. The van der Waals surface area contributed by atoms with Crippen molar-refractivity contribution in [3.05, 3.63) is 64.0 Å². The molecule has 8 heteroatoms. The molecule has 3 heterocycles. The van der Waals surface area contributed by atoms with Gasteiger partial charge in [0, 0.05) is 24.2 Å². The molecule has 4 aromatic rings. The lowest BCUT2D eigenvalue weighted by Gasteiger charge is -2.21. The van der Waals surface area contributed by atoms with Gasteiger partial charge in [-0.1, -0.05) is 12.1 Å². The predicted molar refractivity (Wildman–Crippen MR) is 123 cm³/mol. The van der Waals surface area contributed by atoms with Crippen molar-refractivity contribution in [2.45, 2.75) is 52.1 Å². The first kappa shape index (κ1) is 20.4. The maximum Gasteiger partial charge on any atom is 0.258 e. The summed E-state index contributed by atoms with van der Waals surface area (Å²) in [6, 6.07) is 9.28. The Hall–Kier alpha value is -3.55. The fraction of sp³-hybridized carbons (Fsp3) is 0.375. The molecule has 1 N–H and O–H groups in total. The molecule has 0 radical (unpaired) electrons. The highest BCUT2D eigenvalue weighted by Crippen LogP contribution is 2.40. The van der Waals surface area contributed by atoms with Crippen LogP contribution in [0.5, 0.6) is 0 Å². The molecule has 0 unspecified atom stereocenters. The minimum absolute atomic E-state index is 0.110. The summed E-state index contributed by atoms with van der Waals surface area (Å²) in [4.78, 5) is 40.1. The number of carbonyl (C=O) groups is 1. The molecule has 1 aliphatic carbocycles. The van der Waals surface area contributed by atoms with Gasteiger partial charge in [-0.2, -0.15) is 5.10 Å². The van der Waals surface area contributed by atoms with E-state index >= 15 is 0 Å². The molecule has 8 nitrogen and oxygen atoms in total. The van der Waals surface area contributed by atoms with Gasteiger partial charge >= 0.3 is 0 Å². The summed E-state index contributed by atoms with van der Waals surface area (Å²) in [6.45, 7) is 6.74. The predicted octanol–water partition coefficient (Wildman–Crippen LogP) is 3.79. The highest BCUT2D eigenvalue weighted by atomic mass is 16.2. The van der Waals surface area contributed by atoms with Gasteiger partial charge in [-0.3, -0.25) is 9.59 Å². The Morgan fingerprint density at radius 1 is 1.22 bits per heavy atom. The van der Waals surface area contributed by atoms with Crippen LogP contribution in [0.3, 0.4) is 0 Å². The smallest absolute Gasteiger partial charge is 0.258 e. The number of hydrogen-bond donors (Lipinski definition) is 1. The van der Waals surface area contributed by atoms with Crippen molar-refractivity contribution in [1.82, 2.24) is 29.6 Å². The molecule has 32 heavy (non-hydrogen) atoms. The molecule has 0 aliphatic heterocycles. The summed E-state index contributed by atoms with van der Waals surface area (Å²) < 4.78 is 1.87. The fourth-order valence-corrected chi connectivity index (χ4v) is 4.07. The summed E-state index contributed by atoms with van der Waals surface area (Å²) in [7, 11) is 0. The number of rotatable bonds is 6. The largest absolute Gasteiger partial charge is 0.331 e. The van der Waals surface area contributed by atoms with Crippen LogP contribution in [0.2, 0.25) is 0 Å². The van der Waals surface area contributed by atoms with Gasteiger partial charge in [-0.25, -0.2) is 14.6 Å². The number of nitrogens with zero attached hydrogens (tertiary/aromatic N) is 5. The van der Waals surface area contributed by atoms with Crippen molar-refractivity contribution < 1.29 is 4.79 Å². The van der Waals surface area contributed by atoms with Crippen LogP contribution in [0.1, 0.15) is 67.4 Å². The molecule has 1 fully saturated rings. The van der Waals surface area contributed by atoms with Crippen LogP contribution >= 0.6 is 0 Å². The van der Waals surface area contributed by atoms with E-state index in [0.717, 1.165) is 29.6 Å². The number of carbonyl (C=O) groups excluding carboxylic acids is 1. The first-order chi connectivity index (χ1) is 15.5. The van der Waals surface area contributed by atoms with Crippen molar-refractivity contribution >= 4 is 27.8 Å². The standard InChI is InChI=1S/C24H26N6O2/c1-4-29(13-21-26-19-8-6-5-7-16(19)23(31)28-21)24(32)17-11-20(15-9-10-15)27-22-18(17)12-25-30(22)14(2)3/h5-8,11-12,14-15H,4,9-10,13H2,1-3H3,(H,26,28,31). The van der Waals surface area contributed by atoms with Gasteiger partial charge in [-0.15, -0.1) is 0 Å². The highest BCUT2D eigenvalue weighted by Gasteiger charge is 2.29. The number of aromatic nitrogens is 5. The van der Waals surface area contributed by atoms with Gasteiger partial charge in [0.1, 0.15) is 5.82 Å². The Morgan fingerprint density at radius 2 is 2.00 bits per heavy atom. The lowest BCUT2D eigenvalue weighted by molar-refractivity contribution is 0.0750. The first-order valence-electron chi connectivity index (χ1n) is 11.1. The average Bonchev–Trinajstić information content (AvgIpc) is 3.55. The van der Waals surface area contributed by atoms with Crippen LogP contribution in [0, 0.1) is 0 Å². The van der Waals surface area contributed by atoms with E-state index in [1.165, 1.54) is 0 Å². The molecule has 0 bridgehead atoms. The molecule has 3 aromatic heterocycles. The minimum Gasteiger partial charge on any atom is -0.331 e. The Balaban J connectivity index is 1.54. The average molecular weight is 431 g/mol. The van der Waals surface area contributed by atoms with E-state index in [4.69, 9.17) is 4.98 Å². The molecule has 5 rings (SSSR count). The Labute approximate surface area is 185 Å². The van der Waals surface area contributed by atoms with Gasteiger partial charge < -0.3 is 9.88 Å². The number of H-pyrrole nitrogens is 1. The van der Waals surface area contributed by atoms with E-state index in [1.807, 2.05) is 29.8 Å². The van der Waals surface area contributed by atoms with Gasteiger partial charge in [0.05, 0.1) is 34.6 Å². The van der Waals surface area contributed by atoms with E-state index in [0.29, 0.717) is 34.8 Å². The SMILES string of the molecule is CCN(Cc1nc2ccccc2c(=O)[nH]1)C(=O)c1cc(C2CC2)nc2c1cnn2C(C)C. The van der Waals surface area contributed by atoms with Crippen molar-refractivity contribution in [2.75, 3.05) is 6.54 Å². The molecule has 1 aliphatic rings. The number of fused-ring (bicyclic) bond motifs is 2. The van der Waals surface area contributed by atoms with E-state index in [1.54, 1.807) is 23.2 Å². The van der Waals surface area contributed by atoms with Crippen molar-refractivity contribution in [1.29, 1.82) is 0 Å². The third-order valence-corrected chi connectivity index (χ3v) is 5.97. The molecule has 0 atom stereocenters. The number of pyridine rings is 1. The summed E-state index contributed by atoms with van der Waals surface area (Å²) in [5, 5.41) is 5.79. The van der Waals surface area contributed by atoms with E-state index < -0.39 is 0 Å². The number of nitrogens with one attached hydrogen (secondary N) is 1. The van der Waals surface area contributed by atoms with Crippen molar-refractivity contribution in [3.8, 4) is 0 Å². The lowest BCUT2D eigenvalue weighted by atomic mass is 10.1. The summed E-state index contributed by atoms with van der Waals surface area (Å²) in [5.74, 6) is 0.769. The van der Waals surface area contributed by atoms with Crippen molar-refractivity contribution in [2.24, 2.45) is 0 Å². The normalized spacial score (nSPS) is 13.9. The number of aromatic amines is 1. The Morgan fingerprint density at radius 3 is 2.72 bits per heavy atom. The van der Waals surface area contributed by atoms with Crippen LogP contribution in [0.25, 0.3) is 21.9 Å². The molecular formula is C24H26N6O2. The van der Waals surface area contributed by atoms with E-state index in [2.05, 4.69) is 28.9 Å². The molecule has 0 spiro atoms. The maximum atomic E-state index is 13.7. The second kappa shape index (κ2) is 7.85. The maximum absolute atomic E-state index is 13.7. The van der Waals surface area contributed by atoms with E-state index in [-0.39, 0.29) is 24.1 Å². The molecular weight excluding hydrogens is 404 g/mol. The van der Waals surface area contributed by atoms with E-state index in [9.17, 15) is 9.59 Å². The number of benzene rings is 1. The quantitative estimate of drug-likeness (QED) is 0.502. The number of para-hydroxylation sites is 1. The molecule has 1 saturated carbocycles. The third-order valence-electron chi connectivity index (χ3n) is 5.97. The number of amides is 1. The van der Waals surface area contributed by atoms with Crippen LogP contribution in [-0.2, 0) is 6.54 Å². The van der Waals surface area contributed by atoms with Gasteiger partial charge in [0.15, 0.2) is 5.65 Å². The van der Waals surface area contributed by atoms with Gasteiger partial charge in [-0.05, 0) is 51.8 Å². The second-order valence-corrected chi connectivity index (χ2v) is 8.64. The lowest BCUT2D eigenvalue weighted by Crippen LogP contribution is -2.32. The second-order valence-electron chi connectivity index (χ2n) is 8.64. The Kier molecular flexibility index (Phi) is 5.00. The fourth-order valence-electron chi connectivity index (χ4n) is 4.07. The van der Waals surface area contributed by atoms with Crippen molar-refractivity contribution in [3.63, 3.8) is 0 Å². The van der Waals surface area contributed by atoms with Crippen LogP contribution in [0.15, 0.2) is 41.3 Å². The molecule has 1 amide bonds. The third kappa shape index (κ3) is 3.55. The zero-order valence-electron chi connectivity index (χ0n) is 18.5. The van der Waals surface area contributed by atoms with Crippen LogP contribution in [0.4, 0.5) is 0 Å². The molecule has 164 valence electrons. The molecule has 1 aromatic carbocycles.